The Morgan fingerprint density at radius 3 is 2.31 bits per heavy atom. The smallest absolute Gasteiger partial charge is 0.0619 e. The number of hydrogen-bond acceptors (Lipinski definition) is 1. The van der Waals surface area contributed by atoms with Crippen molar-refractivity contribution in [2.24, 2.45) is 11.8 Å². The summed E-state index contributed by atoms with van der Waals surface area (Å²) in [6.45, 7) is 6.25. The van der Waals surface area contributed by atoms with Crippen LogP contribution in [0.4, 0.5) is 0 Å². The van der Waals surface area contributed by atoms with Crippen molar-refractivity contribution < 1.29 is 5.11 Å². The van der Waals surface area contributed by atoms with Crippen molar-refractivity contribution in [2.75, 3.05) is 0 Å². The molecule has 0 bridgehead atoms. The Kier molecular flexibility index (Phi) is 3.78. The molecule has 1 N–H and O–H groups in total. The quantitative estimate of drug-likeness (QED) is 0.662. The topological polar surface area (TPSA) is 20.2 Å². The molecular weight excluding hydrogens is 160 g/mol. The molecule has 1 rings (SSSR count). The van der Waals surface area contributed by atoms with Crippen LogP contribution in [0.5, 0.6) is 0 Å². The largest absolute Gasteiger partial charge is 0.390 e. The zero-order valence-corrected chi connectivity index (χ0v) is 9.34. The van der Waals surface area contributed by atoms with Gasteiger partial charge in [0.15, 0.2) is 0 Å². The summed E-state index contributed by atoms with van der Waals surface area (Å²) in [4.78, 5) is 0. The van der Waals surface area contributed by atoms with Crippen LogP contribution in [-0.2, 0) is 0 Å². The van der Waals surface area contributed by atoms with E-state index in [4.69, 9.17) is 0 Å². The molecule has 0 aromatic rings. The highest BCUT2D eigenvalue weighted by Crippen LogP contribution is 2.33. The third-order valence-electron chi connectivity index (χ3n) is 3.44. The average molecular weight is 184 g/mol. The van der Waals surface area contributed by atoms with E-state index in [1.165, 1.54) is 38.5 Å². The second-order valence-corrected chi connectivity index (χ2v) is 5.33. The normalized spacial score (nSPS) is 32.3. The van der Waals surface area contributed by atoms with Crippen LogP contribution in [0.15, 0.2) is 0 Å². The monoisotopic (exact) mass is 184 g/mol. The summed E-state index contributed by atoms with van der Waals surface area (Å²) in [6.07, 6.45) is 7.84. The molecular formula is C12H24O. The van der Waals surface area contributed by atoms with E-state index in [0.717, 1.165) is 5.92 Å². The lowest BCUT2D eigenvalue weighted by Crippen LogP contribution is -2.32. The third-order valence-corrected chi connectivity index (χ3v) is 3.44. The van der Waals surface area contributed by atoms with Crippen molar-refractivity contribution >= 4 is 0 Å². The Bertz CT molecular complexity index is 146. The van der Waals surface area contributed by atoms with E-state index < -0.39 is 5.60 Å². The zero-order chi connectivity index (χ0) is 9.90. The number of rotatable bonds is 1. The van der Waals surface area contributed by atoms with Gasteiger partial charge in [-0.05, 0) is 38.5 Å². The molecule has 1 heteroatoms. The van der Waals surface area contributed by atoms with E-state index in [9.17, 15) is 5.11 Å². The summed E-state index contributed by atoms with van der Waals surface area (Å²) in [6, 6.07) is 0. The molecule has 0 heterocycles. The van der Waals surface area contributed by atoms with Gasteiger partial charge in [0.2, 0.25) is 0 Å². The summed E-state index contributed by atoms with van der Waals surface area (Å²) < 4.78 is 0. The van der Waals surface area contributed by atoms with Crippen LogP contribution >= 0.6 is 0 Å². The highest BCUT2D eigenvalue weighted by Gasteiger charge is 2.28. The molecule has 2 atom stereocenters. The molecule has 0 aromatic heterocycles. The fraction of sp³-hybridized carbons (Fsp3) is 1.00. The maximum atomic E-state index is 9.98. The van der Waals surface area contributed by atoms with Gasteiger partial charge in [0.25, 0.3) is 0 Å². The molecule has 0 spiro atoms. The summed E-state index contributed by atoms with van der Waals surface area (Å²) in [5, 5.41) is 9.98. The standard InChI is InChI=1S/C12H24O/c1-10-7-5-4-6-8-11(9-10)12(2,3)13/h10-11,13H,4-9H2,1-3H3. The van der Waals surface area contributed by atoms with E-state index in [2.05, 4.69) is 6.92 Å². The Balaban J connectivity index is 2.51. The summed E-state index contributed by atoms with van der Waals surface area (Å²) in [7, 11) is 0. The lowest BCUT2D eigenvalue weighted by molar-refractivity contribution is -0.000839. The minimum atomic E-state index is -0.467. The van der Waals surface area contributed by atoms with Gasteiger partial charge in [-0.15, -0.1) is 0 Å². The lowest BCUT2D eigenvalue weighted by Gasteiger charge is -2.33. The van der Waals surface area contributed by atoms with E-state index in [0.29, 0.717) is 5.92 Å². The summed E-state index contributed by atoms with van der Waals surface area (Å²) in [5.74, 6) is 1.32. The van der Waals surface area contributed by atoms with E-state index >= 15 is 0 Å². The van der Waals surface area contributed by atoms with Gasteiger partial charge in [-0.3, -0.25) is 0 Å². The molecule has 0 amide bonds. The van der Waals surface area contributed by atoms with Crippen LogP contribution in [-0.4, -0.2) is 10.7 Å². The molecule has 0 aliphatic heterocycles. The summed E-state index contributed by atoms with van der Waals surface area (Å²) >= 11 is 0. The van der Waals surface area contributed by atoms with Gasteiger partial charge in [-0.25, -0.2) is 0 Å². The van der Waals surface area contributed by atoms with Crippen LogP contribution in [0.3, 0.4) is 0 Å². The summed E-state index contributed by atoms with van der Waals surface area (Å²) in [5.41, 5.74) is -0.467. The molecule has 78 valence electrons. The first kappa shape index (κ1) is 11.0. The van der Waals surface area contributed by atoms with Crippen molar-refractivity contribution in [3.05, 3.63) is 0 Å². The van der Waals surface area contributed by atoms with Gasteiger partial charge in [0.05, 0.1) is 5.60 Å². The highest BCUT2D eigenvalue weighted by atomic mass is 16.3. The molecule has 0 radical (unpaired) electrons. The Labute approximate surface area is 82.5 Å². The average Bonchev–Trinajstić information content (AvgIpc) is 1.94. The first-order valence-corrected chi connectivity index (χ1v) is 5.72. The van der Waals surface area contributed by atoms with Gasteiger partial charge in [-0.2, -0.15) is 0 Å². The van der Waals surface area contributed by atoms with Crippen LogP contribution in [0.2, 0.25) is 0 Å². The Morgan fingerprint density at radius 2 is 1.69 bits per heavy atom. The first-order valence-electron chi connectivity index (χ1n) is 5.72. The van der Waals surface area contributed by atoms with Crippen molar-refractivity contribution in [3.63, 3.8) is 0 Å². The zero-order valence-electron chi connectivity index (χ0n) is 9.34. The second kappa shape index (κ2) is 4.45. The van der Waals surface area contributed by atoms with Crippen LogP contribution in [0.1, 0.15) is 59.3 Å². The van der Waals surface area contributed by atoms with Crippen molar-refractivity contribution in [1.82, 2.24) is 0 Å². The van der Waals surface area contributed by atoms with Gasteiger partial charge >= 0.3 is 0 Å². The number of aliphatic hydroxyl groups is 1. The minimum Gasteiger partial charge on any atom is -0.390 e. The Morgan fingerprint density at radius 1 is 1.08 bits per heavy atom. The second-order valence-electron chi connectivity index (χ2n) is 5.33. The Hall–Kier alpha value is -0.0400. The van der Waals surface area contributed by atoms with Crippen molar-refractivity contribution in [3.8, 4) is 0 Å². The number of hydrogen-bond donors (Lipinski definition) is 1. The molecule has 2 unspecified atom stereocenters. The molecule has 0 saturated heterocycles. The van der Waals surface area contributed by atoms with Gasteiger partial charge in [0, 0.05) is 0 Å². The first-order chi connectivity index (χ1) is 6.00. The third kappa shape index (κ3) is 3.68. The van der Waals surface area contributed by atoms with E-state index in [1.54, 1.807) is 0 Å². The van der Waals surface area contributed by atoms with E-state index in [-0.39, 0.29) is 0 Å². The maximum Gasteiger partial charge on any atom is 0.0619 e. The fourth-order valence-corrected chi connectivity index (χ4v) is 2.42. The van der Waals surface area contributed by atoms with Crippen molar-refractivity contribution in [1.29, 1.82) is 0 Å². The van der Waals surface area contributed by atoms with Crippen molar-refractivity contribution in [2.45, 2.75) is 64.9 Å². The highest BCUT2D eigenvalue weighted by molar-refractivity contribution is 4.80. The predicted molar refractivity (Wildman–Crippen MR) is 56.7 cm³/mol. The molecule has 1 fully saturated rings. The maximum absolute atomic E-state index is 9.98. The van der Waals surface area contributed by atoms with Crippen LogP contribution in [0, 0.1) is 11.8 Å². The molecule has 1 nitrogen and oxygen atoms in total. The SMILES string of the molecule is CC1CCCCCC(C(C)(C)O)C1. The molecule has 1 aliphatic carbocycles. The molecule has 0 aromatic carbocycles. The van der Waals surface area contributed by atoms with Gasteiger partial charge in [0.1, 0.15) is 0 Å². The molecule has 1 aliphatic rings. The molecule has 13 heavy (non-hydrogen) atoms. The predicted octanol–water partition coefficient (Wildman–Crippen LogP) is 3.36. The molecule has 1 saturated carbocycles. The van der Waals surface area contributed by atoms with Gasteiger partial charge in [-0.1, -0.05) is 32.6 Å². The minimum absolute atomic E-state index is 0.467. The fourth-order valence-electron chi connectivity index (χ4n) is 2.42. The van der Waals surface area contributed by atoms with Crippen LogP contribution < -0.4 is 0 Å². The van der Waals surface area contributed by atoms with Gasteiger partial charge < -0.3 is 5.11 Å². The van der Waals surface area contributed by atoms with E-state index in [1.807, 2.05) is 13.8 Å². The van der Waals surface area contributed by atoms with Crippen LogP contribution in [0.25, 0.3) is 0 Å². The lowest BCUT2D eigenvalue weighted by atomic mass is 9.77.